The van der Waals surface area contributed by atoms with Crippen molar-refractivity contribution in [3.8, 4) is 5.75 Å². The molecule has 0 aliphatic carbocycles. The van der Waals surface area contributed by atoms with Gasteiger partial charge in [0.25, 0.3) is 0 Å². The Hall–Kier alpha value is -0.980. The number of halogens is 4. The molecule has 0 saturated carbocycles. The highest BCUT2D eigenvalue weighted by Gasteiger charge is 2.31. The van der Waals surface area contributed by atoms with Crippen LogP contribution in [0.3, 0.4) is 0 Å². The lowest BCUT2D eigenvalue weighted by Gasteiger charge is -2.13. The van der Waals surface area contributed by atoms with E-state index in [4.69, 9.17) is 11.5 Å². The molecule has 0 fully saturated rings. The quantitative estimate of drug-likeness (QED) is 0.883. The summed E-state index contributed by atoms with van der Waals surface area (Å²) >= 11 is 0. The monoisotopic (exact) mass is 270 g/mol. The summed E-state index contributed by atoms with van der Waals surface area (Å²) in [6, 6.07) is 5.23. The zero-order valence-electron chi connectivity index (χ0n) is 8.91. The molecule has 0 radical (unpaired) electrons. The van der Waals surface area contributed by atoms with Gasteiger partial charge in [0.2, 0.25) is 0 Å². The summed E-state index contributed by atoms with van der Waals surface area (Å²) in [5.74, 6) is -0.266. The van der Waals surface area contributed by atoms with Crippen LogP contribution in [-0.4, -0.2) is 12.9 Å². The predicted molar refractivity (Wildman–Crippen MR) is 61.0 cm³/mol. The van der Waals surface area contributed by atoms with Gasteiger partial charge in [0.15, 0.2) is 0 Å². The maximum absolute atomic E-state index is 11.9. The predicted octanol–water partition coefficient (Wildman–Crippen LogP) is 2.36. The van der Waals surface area contributed by atoms with E-state index in [-0.39, 0.29) is 24.2 Å². The van der Waals surface area contributed by atoms with Crippen molar-refractivity contribution in [2.24, 2.45) is 11.5 Å². The Morgan fingerprint density at radius 3 is 2.47 bits per heavy atom. The second kappa shape index (κ2) is 6.68. The smallest absolute Gasteiger partial charge is 0.406 e. The van der Waals surface area contributed by atoms with E-state index in [2.05, 4.69) is 4.74 Å². The molecule has 0 aromatic heterocycles. The standard InChI is InChI=1S/C10H13F3N2O.ClH/c11-10(12,13)16-8-3-1-2-7(6-8)9(15)4-5-14;/h1-3,6,9H,4-5,14-15H2;1H/t9-;/m1./s1. The van der Waals surface area contributed by atoms with Crippen LogP contribution in [0.1, 0.15) is 18.0 Å². The first-order valence-electron chi connectivity index (χ1n) is 4.74. The molecule has 1 aromatic carbocycles. The van der Waals surface area contributed by atoms with Crippen LogP contribution in [0, 0.1) is 0 Å². The molecule has 0 amide bonds. The minimum absolute atomic E-state index is 0. The van der Waals surface area contributed by atoms with Crippen LogP contribution in [0.15, 0.2) is 24.3 Å². The Labute approximate surface area is 103 Å². The van der Waals surface area contributed by atoms with Crippen LogP contribution in [0.5, 0.6) is 5.75 Å². The number of alkyl halides is 3. The molecule has 0 aliphatic rings. The molecule has 0 heterocycles. The van der Waals surface area contributed by atoms with E-state index in [9.17, 15) is 13.2 Å². The van der Waals surface area contributed by atoms with Crippen molar-refractivity contribution in [2.75, 3.05) is 6.54 Å². The molecule has 0 bridgehead atoms. The molecule has 7 heteroatoms. The van der Waals surface area contributed by atoms with Crippen molar-refractivity contribution in [3.63, 3.8) is 0 Å². The van der Waals surface area contributed by atoms with Crippen LogP contribution in [-0.2, 0) is 0 Å². The number of benzene rings is 1. The molecule has 0 spiro atoms. The summed E-state index contributed by atoms with van der Waals surface area (Å²) in [4.78, 5) is 0. The summed E-state index contributed by atoms with van der Waals surface area (Å²) in [7, 11) is 0. The van der Waals surface area contributed by atoms with Gasteiger partial charge >= 0.3 is 6.36 Å². The van der Waals surface area contributed by atoms with Crippen molar-refractivity contribution < 1.29 is 17.9 Å². The van der Waals surface area contributed by atoms with E-state index in [1.165, 1.54) is 18.2 Å². The molecule has 1 rings (SSSR count). The zero-order chi connectivity index (χ0) is 12.2. The highest BCUT2D eigenvalue weighted by Crippen LogP contribution is 2.25. The van der Waals surface area contributed by atoms with Crippen LogP contribution < -0.4 is 16.2 Å². The van der Waals surface area contributed by atoms with E-state index >= 15 is 0 Å². The number of hydrogen-bond acceptors (Lipinski definition) is 3. The summed E-state index contributed by atoms with van der Waals surface area (Å²) in [5.41, 5.74) is 11.6. The Kier molecular flexibility index (Phi) is 6.30. The van der Waals surface area contributed by atoms with Gasteiger partial charge in [0.05, 0.1) is 0 Å². The SMILES string of the molecule is Cl.NCC[C@@H](N)c1cccc(OC(F)(F)F)c1. The number of rotatable bonds is 4. The third-order valence-electron chi connectivity index (χ3n) is 2.00. The summed E-state index contributed by atoms with van der Waals surface area (Å²) in [6.45, 7) is 0.380. The molecule has 3 nitrogen and oxygen atoms in total. The number of ether oxygens (including phenoxy) is 1. The average molecular weight is 271 g/mol. The van der Waals surface area contributed by atoms with Crippen LogP contribution >= 0.6 is 12.4 Å². The summed E-state index contributed by atoms with van der Waals surface area (Å²) in [6.07, 6.45) is -4.17. The molecule has 0 saturated heterocycles. The fourth-order valence-corrected chi connectivity index (χ4v) is 1.29. The van der Waals surface area contributed by atoms with Gasteiger partial charge in [-0.3, -0.25) is 0 Å². The third-order valence-corrected chi connectivity index (χ3v) is 2.00. The highest BCUT2D eigenvalue weighted by molar-refractivity contribution is 5.85. The van der Waals surface area contributed by atoms with Gasteiger partial charge in [0.1, 0.15) is 5.75 Å². The van der Waals surface area contributed by atoms with Crippen molar-refractivity contribution in [3.05, 3.63) is 29.8 Å². The first-order chi connectivity index (χ1) is 7.42. The van der Waals surface area contributed by atoms with Crippen molar-refractivity contribution in [1.82, 2.24) is 0 Å². The Bertz CT molecular complexity index is 347. The molecule has 4 N–H and O–H groups in total. The molecule has 98 valence electrons. The lowest BCUT2D eigenvalue weighted by molar-refractivity contribution is -0.274. The Morgan fingerprint density at radius 1 is 1.29 bits per heavy atom. The maximum Gasteiger partial charge on any atom is 0.573 e. The van der Waals surface area contributed by atoms with E-state index in [0.717, 1.165) is 0 Å². The number of nitrogens with two attached hydrogens (primary N) is 2. The maximum atomic E-state index is 11.9. The van der Waals surface area contributed by atoms with Crippen LogP contribution in [0.4, 0.5) is 13.2 Å². The molecular formula is C10H14ClF3N2O. The summed E-state index contributed by atoms with van der Waals surface area (Å²) in [5, 5.41) is 0. The average Bonchev–Trinajstić information content (AvgIpc) is 2.16. The van der Waals surface area contributed by atoms with E-state index < -0.39 is 6.36 Å². The molecular weight excluding hydrogens is 257 g/mol. The fraction of sp³-hybridized carbons (Fsp3) is 0.400. The molecule has 1 aromatic rings. The van der Waals surface area contributed by atoms with E-state index in [1.807, 2.05) is 0 Å². The first kappa shape index (κ1) is 16.0. The van der Waals surface area contributed by atoms with Gasteiger partial charge in [0, 0.05) is 6.04 Å². The van der Waals surface area contributed by atoms with Gasteiger partial charge in [-0.15, -0.1) is 25.6 Å². The van der Waals surface area contributed by atoms with Gasteiger partial charge < -0.3 is 16.2 Å². The Morgan fingerprint density at radius 2 is 1.94 bits per heavy atom. The topological polar surface area (TPSA) is 61.3 Å². The molecule has 1 atom stereocenters. The van der Waals surface area contributed by atoms with Crippen molar-refractivity contribution >= 4 is 12.4 Å². The van der Waals surface area contributed by atoms with Crippen LogP contribution in [0.2, 0.25) is 0 Å². The summed E-state index contributed by atoms with van der Waals surface area (Å²) < 4.78 is 39.6. The van der Waals surface area contributed by atoms with Crippen molar-refractivity contribution in [2.45, 2.75) is 18.8 Å². The van der Waals surface area contributed by atoms with Gasteiger partial charge in [-0.05, 0) is 30.7 Å². The molecule has 0 unspecified atom stereocenters. The first-order valence-corrected chi connectivity index (χ1v) is 4.74. The minimum atomic E-state index is -4.68. The van der Waals surface area contributed by atoms with E-state index in [0.29, 0.717) is 18.5 Å². The second-order valence-electron chi connectivity index (χ2n) is 3.30. The normalized spacial score (nSPS) is 12.8. The number of hydrogen-bond donors (Lipinski definition) is 2. The largest absolute Gasteiger partial charge is 0.573 e. The lowest BCUT2D eigenvalue weighted by atomic mass is 10.0. The van der Waals surface area contributed by atoms with Gasteiger partial charge in [-0.25, -0.2) is 0 Å². The third kappa shape index (κ3) is 5.76. The van der Waals surface area contributed by atoms with Crippen molar-refractivity contribution in [1.29, 1.82) is 0 Å². The van der Waals surface area contributed by atoms with Gasteiger partial charge in [-0.1, -0.05) is 12.1 Å². The van der Waals surface area contributed by atoms with Crippen LogP contribution in [0.25, 0.3) is 0 Å². The zero-order valence-corrected chi connectivity index (χ0v) is 9.72. The highest BCUT2D eigenvalue weighted by atomic mass is 35.5. The molecule has 17 heavy (non-hydrogen) atoms. The fourth-order valence-electron chi connectivity index (χ4n) is 1.29. The Balaban J connectivity index is 0.00000256. The molecule has 0 aliphatic heterocycles. The second-order valence-corrected chi connectivity index (χ2v) is 3.30. The minimum Gasteiger partial charge on any atom is -0.406 e. The van der Waals surface area contributed by atoms with Gasteiger partial charge in [-0.2, -0.15) is 0 Å². The van der Waals surface area contributed by atoms with E-state index in [1.54, 1.807) is 6.07 Å². The lowest BCUT2D eigenvalue weighted by Crippen LogP contribution is -2.18.